The van der Waals surface area contributed by atoms with Crippen molar-refractivity contribution in [2.75, 3.05) is 19.7 Å². The van der Waals surface area contributed by atoms with Gasteiger partial charge in [-0.05, 0) is 26.3 Å². The van der Waals surface area contributed by atoms with Gasteiger partial charge < -0.3 is 4.74 Å². The van der Waals surface area contributed by atoms with E-state index in [0.29, 0.717) is 13.2 Å². The molecule has 4 nitrogen and oxygen atoms in total. The number of likely N-dealkylation sites (tertiary alicyclic amines) is 1. The van der Waals surface area contributed by atoms with E-state index in [1.54, 1.807) is 6.92 Å². The van der Waals surface area contributed by atoms with Crippen molar-refractivity contribution in [3.05, 3.63) is 0 Å². The van der Waals surface area contributed by atoms with E-state index < -0.39 is 0 Å². The topological polar surface area (TPSA) is 46.6 Å². The molecular formula is C10H16NO3. The number of carbonyl (C=O) groups excluding carboxylic acids is 2. The minimum atomic E-state index is 0.0269. The summed E-state index contributed by atoms with van der Waals surface area (Å²) in [5.74, 6) is 0.208. The molecule has 1 radical (unpaired) electrons. The first-order chi connectivity index (χ1) is 6.75. The predicted molar refractivity (Wildman–Crippen MR) is 51.5 cm³/mol. The van der Waals surface area contributed by atoms with Crippen LogP contribution in [0.25, 0.3) is 0 Å². The fourth-order valence-electron chi connectivity index (χ4n) is 1.92. The number of hydrogen-bond donors (Lipinski definition) is 0. The Bertz CT molecular complexity index is 206. The summed E-state index contributed by atoms with van der Waals surface area (Å²) in [7, 11) is 0. The minimum Gasteiger partial charge on any atom is -0.456 e. The third-order valence-corrected chi connectivity index (χ3v) is 2.62. The molecule has 79 valence electrons. The molecule has 1 aliphatic heterocycles. The summed E-state index contributed by atoms with van der Waals surface area (Å²) in [6.07, 6.45) is 3.16. The second-order valence-corrected chi connectivity index (χ2v) is 3.59. The lowest BCUT2D eigenvalue weighted by Gasteiger charge is -2.33. The molecule has 1 atom stereocenters. The zero-order valence-corrected chi connectivity index (χ0v) is 8.49. The fraction of sp³-hybridized carbons (Fsp3) is 0.800. The molecule has 1 fully saturated rings. The van der Waals surface area contributed by atoms with E-state index in [0.717, 1.165) is 25.8 Å². The van der Waals surface area contributed by atoms with Gasteiger partial charge in [0.15, 0.2) is 0 Å². The molecule has 0 bridgehead atoms. The third kappa shape index (κ3) is 3.10. The van der Waals surface area contributed by atoms with Crippen LogP contribution in [0.1, 0.15) is 26.2 Å². The number of nitrogens with zero attached hydrogens (tertiary/aromatic N) is 1. The third-order valence-electron chi connectivity index (χ3n) is 2.62. The van der Waals surface area contributed by atoms with Gasteiger partial charge in [-0.2, -0.15) is 0 Å². The molecule has 0 spiro atoms. The fourth-order valence-corrected chi connectivity index (χ4v) is 1.92. The number of ether oxygens (including phenoxy) is 1. The van der Waals surface area contributed by atoms with Crippen LogP contribution >= 0.6 is 0 Å². The van der Waals surface area contributed by atoms with Crippen molar-refractivity contribution in [3.63, 3.8) is 0 Å². The molecule has 0 aliphatic carbocycles. The second kappa shape index (κ2) is 5.75. The molecule has 0 aromatic carbocycles. The highest BCUT2D eigenvalue weighted by molar-refractivity contribution is 5.81. The molecule has 1 saturated heterocycles. The first kappa shape index (κ1) is 11.2. The van der Waals surface area contributed by atoms with E-state index >= 15 is 0 Å². The van der Waals surface area contributed by atoms with E-state index in [4.69, 9.17) is 0 Å². The van der Waals surface area contributed by atoms with Crippen molar-refractivity contribution in [3.8, 4) is 0 Å². The Kier molecular flexibility index (Phi) is 4.59. The van der Waals surface area contributed by atoms with E-state index in [2.05, 4.69) is 9.64 Å². The van der Waals surface area contributed by atoms with E-state index in [1.165, 1.54) is 6.47 Å². The monoisotopic (exact) mass is 198 g/mol. The zero-order chi connectivity index (χ0) is 10.4. The molecule has 0 amide bonds. The molecule has 0 aromatic heterocycles. The maximum absolute atomic E-state index is 11.3. The maximum atomic E-state index is 11.3. The van der Waals surface area contributed by atoms with Crippen LogP contribution in [-0.4, -0.2) is 42.9 Å². The van der Waals surface area contributed by atoms with Gasteiger partial charge in [0.2, 0.25) is 0 Å². The average Bonchev–Trinajstić information content (AvgIpc) is 2.19. The van der Waals surface area contributed by atoms with Crippen LogP contribution in [0.15, 0.2) is 0 Å². The van der Waals surface area contributed by atoms with Gasteiger partial charge >= 0.3 is 6.47 Å². The summed E-state index contributed by atoms with van der Waals surface area (Å²) in [5.41, 5.74) is 0. The van der Waals surface area contributed by atoms with Crippen molar-refractivity contribution in [2.24, 2.45) is 0 Å². The van der Waals surface area contributed by atoms with Gasteiger partial charge in [0.1, 0.15) is 12.4 Å². The molecule has 14 heavy (non-hydrogen) atoms. The summed E-state index contributed by atoms with van der Waals surface area (Å²) < 4.78 is 4.51. The van der Waals surface area contributed by atoms with Crippen molar-refractivity contribution in [2.45, 2.75) is 32.2 Å². The van der Waals surface area contributed by atoms with E-state index in [1.807, 2.05) is 0 Å². The lowest BCUT2D eigenvalue weighted by molar-refractivity contribution is -0.123. The zero-order valence-electron chi connectivity index (χ0n) is 8.49. The first-order valence-electron chi connectivity index (χ1n) is 4.99. The second-order valence-electron chi connectivity index (χ2n) is 3.59. The molecule has 0 aromatic rings. The van der Waals surface area contributed by atoms with E-state index in [9.17, 15) is 9.59 Å². The van der Waals surface area contributed by atoms with Crippen molar-refractivity contribution in [1.82, 2.24) is 4.90 Å². The summed E-state index contributed by atoms with van der Waals surface area (Å²) in [6, 6.07) is 0.0269. The van der Waals surface area contributed by atoms with Crippen LogP contribution in [0.2, 0.25) is 0 Å². The maximum Gasteiger partial charge on any atom is 0.417 e. The Morgan fingerprint density at radius 1 is 1.57 bits per heavy atom. The summed E-state index contributed by atoms with van der Waals surface area (Å²) in [5, 5.41) is 0. The van der Waals surface area contributed by atoms with E-state index in [-0.39, 0.29) is 11.8 Å². The van der Waals surface area contributed by atoms with Crippen molar-refractivity contribution < 1.29 is 14.3 Å². The highest BCUT2D eigenvalue weighted by Gasteiger charge is 2.25. The molecule has 1 aliphatic rings. The summed E-state index contributed by atoms with van der Waals surface area (Å²) in [4.78, 5) is 23.2. The first-order valence-corrected chi connectivity index (χ1v) is 4.99. The quantitative estimate of drug-likeness (QED) is 0.604. The number of carbonyl (C=O) groups is 1. The van der Waals surface area contributed by atoms with Crippen LogP contribution in [0, 0.1) is 0 Å². The number of piperidine rings is 1. The Labute approximate surface area is 84.2 Å². The SMILES string of the molecule is CC(=O)C1CCCCN1CCO[C]=O. The Hall–Kier alpha value is -0.900. The smallest absolute Gasteiger partial charge is 0.417 e. The summed E-state index contributed by atoms with van der Waals surface area (Å²) >= 11 is 0. The van der Waals surface area contributed by atoms with Crippen LogP contribution in [0.4, 0.5) is 0 Å². The average molecular weight is 198 g/mol. The standard InChI is InChI=1S/C10H16NO3/c1-9(13)10-4-2-3-5-11(10)6-7-14-8-12/h10H,2-7H2,1H3. The minimum absolute atomic E-state index is 0.0269. The largest absolute Gasteiger partial charge is 0.456 e. The Balaban J connectivity index is 2.37. The molecule has 1 heterocycles. The molecule has 0 N–H and O–H groups in total. The van der Waals surface area contributed by atoms with Gasteiger partial charge in [0.25, 0.3) is 0 Å². The normalized spacial score (nSPS) is 23.1. The van der Waals surface area contributed by atoms with Gasteiger partial charge in [0, 0.05) is 6.54 Å². The van der Waals surface area contributed by atoms with Gasteiger partial charge in [-0.3, -0.25) is 9.69 Å². The van der Waals surface area contributed by atoms with Crippen molar-refractivity contribution >= 4 is 12.3 Å². The van der Waals surface area contributed by atoms with Crippen LogP contribution in [0.5, 0.6) is 0 Å². The number of ketones is 1. The van der Waals surface area contributed by atoms with Gasteiger partial charge in [-0.25, -0.2) is 4.79 Å². The molecule has 1 unspecified atom stereocenters. The summed E-state index contributed by atoms with van der Waals surface area (Å²) in [6.45, 7) is 4.90. The lowest BCUT2D eigenvalue weighted by atomic mass is 9.99. The van der Waals surface area contributed by atoms with Gasteiger partial charge in [-0.1, -0.05) is 6.42 Å². The van der Waals surface area contributed by atoms with Crippen LogP contribution < -0.4 is 0 Å². The molecule has 0 saturated carbocycles. The van der Waals surface area contributed by atoms with Gasteiger partial charge in [-0.15, -0.1) is 0 Å². The van der Waals surface area contributed by atoms with Crippen LogP contribution in [0.3, 0.4) is 0 Å². The molecule has 4 heteroatoms. The van der Waals surface area contributed by atoms with Gasteiger partial charge in [0.05, 0.1) is 6.04 Å². The Morgan fingerprint density at radius 3 is 3.00 bits per heavy atom. The highest BCUT2D eigenvalue weighted by Crippen LogP contribution is 2.16. The predicted octanol–water partition coefficient (Wildman–Crippen LogP) is 0.514. The lowest BCUT2D eigenvalue weighted by Crippen LogP contribution is -2.45. The molecular weight excluding hydrogens is 182 g/mol. The Morgan fingerprint density at radius 2 is 2.36 bits per heavy atom. The van der Waals surface area contributed by atoms with Crippen molar-refractivity contribution in [1.29, 1.82) is 0 Å². The molecule has 1 rings (SSSR count). The highest BCUT2D eigenvalue weighted by atomic mass is 16.5. The van der Waals surface area contributed by atoms with Crippen LogP contribution in [-0.2, 0) is 14.3 Å². The number of Topliss-reactive ketones (excluding diaryl/α,β-unsaturated/α-hetero) is 1. The number of rotatable bonds is 5. The number of hydrogen-bond acceptors (Lipinski definition) is 4.